The van der Waals surface area contributed by atoms with Crippen molar-refractivity contribution in [1.82, 2.24) is 10.2 Å². The van der Waals surface area contributed by atoms with Gasteiger partial charge in [0.15, 0.2) is 9.84 Å². The third-order valence-corrected chi connectivity index (χ3v) is 5.50. The van der Waals surface area contributed by atoms with Gasteiger partial charge in [-0.1, -0.05) is 0 Å². The van der Waals surface area contributed by atoms with Crippen LogP contribution in [0.2, 0.25) is 0 Å². The molecule has 19 heavy (non-hydrogen) atoms. The second-order valence-electron chi connectivity index (χ2n) is 5.32. The predicted octanol–water partition coefficient (Wildman–Crippen LogP) is 0.242. The largest absolute Gasteiger partial charge is 0.381 e. The Hall–Kier alpha value is -0.820. The monoisotopic (exact) mass is 290 g/mol. The minimum Gasteiger partial charge on any atom is -0.381 e. The second-order valence-corrected chi connectivity index (χ2v) is 7.55. The van der Waals surface area contributed by atoms with Gasteiger partial charge in [-0.2, -0.15) is 0 Å². The van der Waals surface area contributed by atoms with Crippen molar-refractivity contribution in [2.75, 3.05) is 37.8 Å². The molecular formula is C12H22N2O4S. The van der Waals surface area contributed by atoms with Gasteiger partial charge >= 0.3 is 6.03 Å². The van der Waals surface area contributed by atoms with E-state index in [2.05, 4.69) is 5.32 Å². The smallest absolute Gasteiger partial charge is 0.317 e. The zero-order valence-electron chi connectivity index (χ0n) is 11.3. The van der Waals surface area contributed by atoms with Gasteiger partial charge in [0.2, 0.25) is 0 Å². The maximum absolute atomic E-state index is 12.1. The lowest BCUT2D eigenvalue weighted by Gasteiger charge is -2.25. The third kappa shape index (κ3) is 4.07. The fourth-order valence-electron chi connectivity index (χ4n) is 2.57. The molecule has 0 aromatic heterocycles. The number of nitrogens with zero attached hydrogens (tertiary/aromatic N) is 1. The Labute approximate surface area is 114 Å². The minimum atomic E-state index is -2.95. The summed E-state index contributed by atoms with van der Waals surface area (Å²) in [5.74, 6) is 0.654. The van der Waals surface area contributed by atoms with E-state index >= 15 is 0 Å². The van der Waals surface area contributed by atoms with E-state index < -0.39 is 9.84 Å². The minimum absolute atomic E-state index is 0.0723. The molecule has 0 saturated carbocycles. The highest BCUT2D eigenvalue weighted by molar-refractivity contribution is 7.91. The molecule has 2 unspecified atom stereocenters. The van der Waals surface area contributed by atoms with Gasteiger partial charge in [-0.25, -0.2) is 13.2 Å². The van der Waals surface area contributed by atoms with Crippen LogP contribution in [0.1, 0.15) is 19.8 Å². The average molecular weight is 290 g/mol. The van der Waals surface area contributed by atoms with Crippen molar-refractivity contribution in [3.63, 3.8) is 0 Å². The number of nitrogens with one attached hydrogen (secondary N) is 1. The van der Waals surface area contributed by atoms with Crippen LogP contribution >= 0.6 is 0 Å². The lowest BCUT2D eigenvalue weighted by Crippen LogP contribution is -2.47. The van der Waals surface area contributed by atoms with Gasteiger partial charge in [-0.15, -0.1) is 0 Å². The van der Waals surface area contributed by atoms with Crippen molar-refractivity contribution in [2.24, 2.45) is 5.92 Å². The zero-order valence-corrected chi connectivity index (χ0v) is 12.1. The quantitative estimate of drug-likeness (QED) is 0.805. The highest BCUT2D eigenvalue weighted by atomic mass is 32.2. The number of carbonyl (C=O) groups is 1. The van der Waals surface area contributed by atoms with E-state index in [0.29, 0.717) is 32.0 Å². The molecule has 2 heterocycles. The number of amides is 2. The molecule has 6 nitrogen and oxygen atoms in total. The fourth-order valence-corrected chi connectivity index (χ4v) is 4.24. The first kappa shape index (κ1) is 14.6. The van der Waals surface area contributed by atoms with E-state index in [1.807, 2.05) is 6.92 Å². The molecule has 2 saturated heterocycles. The first-order chi connectivity index (χ1) is 9.00. The molecule has 0 aliphatic carbocycles. The zero-order chi connectivity index (χ0) is 13.9. The van der Waals surface area contributed by atoms with E-state index in [-0.39, 0.29) is 23.6 Å². The molecule has 2 rings (SSSR count). The first-order valence-corrected chi connectivity index (χ1v) is 8.66. The number of sulfone groups is 1. The number of hydrogen-bond donors (Lipinski definition) is 1. The Kier molecular flexibility index (Phi) is 4.67. The average Bonchev–Trinajstić information content (AvgIpc) is 2.95. The molecular weight excluding hydrogens is 268 g/mol. The van der Waals surface area contributed by atoms with E-state index in [9.17, 15) is 13.2 Å². The molecule has 0 radical (unpaired) electrons. The van der Waals surface area contributed by atoms with E-state index in [4.69, 9.17) is 4.74 Å². The molecule has 2 atom stereocenters. The molecule has 2 aliphatic rings. The van der Waals surface area contributed by atoms with E-state index in [1.54, 1.807) is 4.90 Å². The summed E-state index contributed by atoms with van der Waals surface area (Å²) in [6.07, 6.45) is 1.51. The molecule has 0 aromatic rings. The Bertz CT molecular complexity index is 417. The van der Waals surface area contributed by atoms with Crippen molar-refractivity contribution in [3.8, 4) is 0 Å². The van der Waals surface area contributed by atoms with Crippen molar-refractivity contribution in [2.45, 2.75) is 25.8 Å². The van der Waals surface area contributed by atoms with Crippen molar-refractivity contribution in [3.05, 3.63) is 0 Å². The summed E-state index contributed by atoms with van der Waals surface area (Å²) < 4.78 is 28.0. The van der Waals surface area contributed by atoms with Gasteiger partial charge in [-0.3, -0.25) is 0 Å². The number of carbonyl (C=O) groups excluding carboxylic acids is 1. The molecule has 2 fully saturated rings. The molecule has 7 heteroatoms. The molecule has 0 aromatic carbocycles. The topological polar surface area (TPSA) is 75.7 Å². The first-order valence-electron chi connectivity index (χ1n) is 6.84. The lowest BCUT2D eigenvalue weighted by molar-refractivity contribution is 0.165. The van der Waals surface area contributed by atoms with Gasteiger partial charge in [0.1, 0.15) is 0 Å². The molecule has 0 bridgehead atoms. The van der Waals surface area contributed by atoms with Crippen LogP contribution in [0.25, 0.3) is 0 Å². The predicted molar refractivity (Wildman–Crippen MR) is 71.8 cm³/mol. The number of urea groups is 1. The standard InChI is InChI=1S/C12H22N2O4S/c1-2-14(7-10-3-5-18-8-10)12(15)13-11-4-6-19(16,17)9-11/h10-11H,2-9H2,1H3,(H,13,15). The van der Waals surface area contributed by atoms with Crippen LogP contribution in [0.15, 0.2) is 0 Å². The van der Waals surface area contributed by atoms with E-state index in [0.717, 1.165) is 13.0 Å². The molecule has 0 spiro atoms. The van der Waals surface area contributed by atoms with Crippen LogP contribution in [-0.4, -0.2) is 63.2 Å². The second kappa shape index (κ2) is 6.09. The maximum atomic E-state index is 12.1. The summed E-state index contributed by atoms with van der Waals surface area (Å²) in [5, 5.41) is 2.83. The lowest BCUT2D eigenvalue weighted by atomic mass is 10.1. The van der Waals surface area contributed by atoms with Crippen LogP contribution in [0.3, 0.4) is 0 Å². The highest BCUT2D eigenvalue weighted by Crippen LogP contribution is 2.15. The fraction of sp³-hybridized carbons (Fsp3) is 0.917. The summed E-state index contributed by atoms with van der Waals surface area (Å²) in [6.45, 7) is 4.72. The van der Waals surface area contributed by atoms with Crippen LogP contribution < -0.4 is 5.32 Å². The van der Waals surface area contributed by atoms with Gasteiger partial charge in [0, 0.05) is 31.7 Å². The molecule has 110 valence electrons. The van der Waals surface area contributed by atoms with Crippen LogP contribution in [0.4, 0.5) is 4.79 Å². The SMILES string of the molecule is CCN(CC1CCOC1)C(=O)NC1CCS(=O)(=O)C1. The summed E-state index contributed by atoms with van der Waals surface area (Å²) in [7, 11) is -2.95. The molecule has 2 aliphatic heterocycles. The van der Waals surface area contributed by atoms with Crippen molar-refractivity contribution < 1.29 is 17.9 Å². The number of hydrogen-bond acceptors (Lipinski definition) is 4. The van der Waals surface area contributed by atoms with Gasteiger partial charge in [0.25, 0.3) is 0 Å². The summed E-state index contributed by atoms with van der Waals surface area (Å²) >= 11 is 0. The number of rotatable bonds is 4. The third-order valence-electron chi connectivity index (χ3n) is 3.73. The highest BCUT2D eigenvalue weighted by Gasteiger charge is 2.30. The van der Waals surface area contributed by atoms with E-state index in [1.165, 1.54) is 0 Å². The Morgan fingerprint density at radius 2 is 2.21 bits per heavy atom. The van der Waals surface area contributed by atoms with Crippen LogP contribution in [0.5, 0.6) is 0 Å². The maximum Gasteiger partial charge on any atom is 0.317 e. The van der Waals surface area contributed by atoms with Gasteiger partial charge < -0.3 is 15.0 Å². The summed E-state index contributed by atoms with van der Waals surface area (Å²) in [5.41, 5.74) is 0. The number of ether oxygens (including phenoxy) is 1. The Morgan fingerprint density at radius 1 is 1.42 bits per heavy atom. The van der Waals surface area contributed by atoms with Gasteiger partial charge in [0.05, 0.1) is 18.1 Å². The summed E-state index contributed by atoms with van der Waals surface area (Å²) in [6, 6.07) is -0.386. The summed E-state index contributed by atoms with van der Waals surface area (Å²) in [4.78, 5) is 13.8. The van der Waals surface area contributed by atoms with Crippen LogP contribution in [0, 0.1) is 5.92 Å². The normalized spacial score (nSPS) is 29.3. The Morgan fingerprint density at radius 3 is 2.74 bits per heavy atom. The van der Waals surface area contributed by atoms with Crippen molar-refractivity contribution in [1.29, 1.82) is 0 Å². The molecule has 2 amide bonds. The van der Waals surface area contributed by atoms with Gasteiger partial charge in [-0.05, 0) is 19.8 Å². The Balaban J connectivity index is 1.83. The molecule has 1 N–H and O–H groups in total. The van der Waals surface area contributed by atoms with Crippen LogP contribution in [-0.2, 0) is 14.6 Å². The van der Waals surface area contributed by atoms with Crippen molar-refractivity contribution >= 4 is 15.9 Å².